The Hall–Kier alpha value is -6.51. The Morgan fingerprint density at radius 1 is 0.877 bits per heavy atom. The maximum Gasteiger partial charge on any atom is 0.347 e. The molecule has 13 heteroatoms. The molecular formula is C52H58N4O9. The molecule has 2 heterocycles. The van der Waals surface area contributed by atoms with Crippen LogP contribution < -0.4 is 25.7 Å². The van der Waals surface area contributed by atoms with Crippen molar-refractivity contribution >= 4 is 22.8 Å². The predicted octanol–water partition coefficient (Wildman–Crippen LogP) is 6.73. The summed E-state index contributed by atoms with van der Waals surface area (Å²) in [7, 11) is 0. The van der Waals surface area contributed by atoms with Crippen LogP contribution in [0.5, 0.6) is 17.2 Å². The number of phenols is 1. The predicted molar refractivity (Wildman–Crippen MR) is 249 cm³/mol. The minimum Gasteiger partial charge on any atom is -0.506 e. The van der Waals surface area contributed by atoms with Gasteiger partial charge < -0.3 is 45.1 Å². The topological polar surface area (TPSA) is 183 Å². The van der Waals surface area contributed by atoms with E-state index in [0.29, 0.717) is 58.6 Å². The van der Waals surface area contributed by atoms with Crippen LogP contribution in [0.25, 0.3) is 10.9 Å². The fourth-order valence-corrected chi connectivity index (χ4v) is 8.12. The molecule has 1 amide bonds. The standard InChI is InChI=1S/C52H58N4O9/c1-35(2)65-47-29-38(17-18-39(47)31-53-32-46(58)43-19-21-45(57)49-44(43)20-22-48(59)55-49)50(60)54-25-10-28-63-42-16-9-15-41(30-42)52(62,40-13-7-4-8-14-40)51(61)64-34-37-23-26-56(27-24-37)33-36-11-5-3-6-12-36/h3-9,11-22,29-30,35,37,46,53,57-58,62H,10,23-28,31-34H2,1-2H3,(H,54,60)(H,55,59). The molecule has 1 aromatic heterocycles. The number of pyridine rings is 1. The zero-order valence-electron chi connectivity index (χ0n) is 36.9. The number of amides is 1. The summed E-state index contributed by atoms with van der Waals surface area (Å²) >= 11 is 0. The molecule has 0 spiro atoms. The summed E-state index contributed by atoms with van der Waals surface area (Å²) < 4.78 is 18.0. The molecule has 0 aliphatic carbocycles. The average molecular weight is 883 g/mol. The number of carbonyl (C=O) groups excluding carboxylic acids is 2. The normalized spacial score (nSPS) is 14.7. The van der Waals surface area contributed by atoms with E-state index in [-0.39, 0.29) is 54.5 Å². The Bertz CT molecular complexity index is 2580. The van der Waals surface area contributed by atoms with Crippen LogP contribution >= 0.6 is 0 Å². The van der Waals surface area contributed by atoms with E-state index in [1.165, 1.54) is 17.7 Å². The van der Waals surface area contributed by atoms with Crippen molar-refractivity contribution in [3.63, 3.8) is 0 Å². The first kappa shape index (κ1) is 46.5. The highest BCUT2D eigenvalue weighted by molar-refractivity contribution is 5.94. The number of rotatable bonds is 20. The molecule has 0 saturated carbocycles. The summed E-state index contributed by atoms with van der Waals surface area (Å²) in [6.45, 7) is 7.83. The van der Waals surface area contributed by atoms with E-state index in [0.717, 1.165) is 38.0 Å². The molecule has 1 aliphatic heterocycles. The first-order valence-electron chi connectivity index (χ1n) is 22.2. The molecule has 7 rings (SSSR count). The lowest BCUT2D eigenvalue weighted by Crippen LogP contribution is -2.40. The van der Waals surface area contributed by atoms with Crippen molar-refractivity contribution < 1.29 is 39.1 Å². The maximum atomic E-state index is 13.9. The van der Waals surface area contributed by atoms with Crippen molar-refractivity contribution in [3.05, 3.63) is 171 Å². The number of aromatic hydroxyl groups is 1. The Balaban J connectivity index is 0.899. The Morgan fingerprint density at radius 3 is 2.37 bits per heavy atom. The van der Waals surface area contributed by atoms with Crippen LogP contribution in [0.1, 0.15) is 77.4 Å². The molecule has 2 atom stereocenters. The lowest BCUT2D eigenvalue weighted by molar-refractivity contribution is -0.164. The van der Waals surface area contributed by atoms with Gasteiger partial charge in [0, 0.05) is 54.3 Å². The lowest BCUT2D eigenvalue weighted by Gasteiger charge is -2.33. The number of hydrogen-bond acceptors (Lipinski definition) is 11. The molecular weight excluding hydrogens is 825 g/mol. The molecule has 2 unspecified atom stereocenters. The molecule has 6 N–H and O–H groups in total. The molecule has 0 bridgehead atoms. The molecule has 6 aromatic rings. The highest BCUT2D eigenvalue weighted by Gasteiger charge is 2.42. The third-order valence-corrected chi connectivity index (χ3v) is 11.6. The number of H-pyrrole nitrogens is 1. The summed E-state index contributed by atoms with van der Waals surface area (Å²) in [5.74, 6) is 0.0913. The number of esters is 1. The van der Waals surface area contributed by atoms with Gasteiger partial charge in [-0.25, -0.2) is 4.79 Å². The van der Waals surface area contributed by atoms with Crippen molar-refractivity contribution in [2.45, 2.75) is 64.0 Å². The van der Waals surface area contributed by atoms with Gasteiger partial charge in [0.15, 0.2) is 0 Å². The number of nitrogens with one attached hydrogen (secondary N) is 3. The van der Waals surface area contributed by atoms with Gasteiger partial charge in [-0.2, -0.15) is 0 Å². The molecule has 1 saturated heterocycles. The zero-order chi connectivity index (χ0) is 45.8. The number of benzene rings is 5. The highest BCUT2D eigenvalue weighted by atomic mass is 16.6. The number of ether oxygens (including phenoxy) is 3. The Labute approximate surface area is 379 Å². The number of phenolic OH excluding ortho intramolecular Hbond substituents is 1. The zero-order valence-corrected chi connectivity index (χ0v) is 36.9. The number of carbonyl (C=O) groups is 2. The van der Waals surface area contributed by atoms with Crippen molar-refractivity contribution in [2.24, 2.45) is 5.92 Å². The number of nitrogens with zero attached hydrogens (tertiary/aromatic N) is 1. The average Bonchev–Trinajstić information content (AvgIpc) is 3.32. The largest absolute Gasteiger partial charge is 0.506 e. The van der Waals surface area contributed by atoms with E-state index in [9.17, 15) is 29.7 Å². The van der Waals surface area contributed by atoms with Gasteiger partial charge in [0.2, 0.25) is 11.2 Å². The maximum absolute atomic E-state index is 13.9. The second-order valence-corrected chi connectivity index (χ2v) is 16.8. The van der Waals surface area contributed by atoms with Crippen molar-refractivity contribution in [1.29, 1.82) is 0 Å². The monoisotopic (exact) mass is 882 g/mol. The number of likely N-dealkylation sites (tertiary alicyclic amines) is 1. The van der Waals surface area contributed by atoms with Crippen molar-refractivity contribution in [2.75, 3.05) is 39.4 Å². The van der Waals surface area contributed by atoms with Gasteiger partial charge in [-0.1, -0.05) is 84.9 Å². The van der Waals surface area contributed by atoms with E-state index < -0.39 is 17.7 Å². The summed E-state index contributed by atoms with van der Waals surface area (Å²) in [5, 5.41) is 40.1. The molecule has 340 valence electrons. The molecule has 1 fully saturated rings. The fourth-order valence-electron chi connectivity index (χ4n) is 8.12. The van der Waals surface area contributed by atoms with Gasteiger partial charge in [0.1, 0.15) is 17.2 Å². The molecule has 5 aromatic carbocycles. The van der Waals surface area contributed by atoms with Gasteiger partial charge in [-0.15, -0.1) is 0 Å². The van der Waals surface area contributed by atoms with Gasteiger partial charge in [0.25, 0.3) is 5.91 Å². The van der Waals surface area contributed by atoms with Gasteiger partial charge in [-0.05, 0) is 105 Å². The summed E-state index contributed by atoms with van der Waals surface area (Å²) in [6, 6.07) is 37.2. The van der Waals surface area contributed by atoms with E-state index in [1.54, 1.807) is 72.8 Å². The summed E-state index contributed by atoms with van der Waals surface area (Å²) in [6.07, 6.45) is 1.18. The Kier molecular flexibility index (Phi) is 15.7. The second kappa shape index (κ2) is 21.9. The van der Waals surface area contributed by atoms with Crippen LogP contribution in [0.2, 0.25) is 0 Å². The number of aromatic nitrogens is 1. The molecule has 13 nitrogen and oxygen atoms in total. The first-order valence-corrected chi connectivity index (χ1v) is 22.2. The van der Waals surface area contributed by atoms with Gasteiger partial charge >= 0.3 is 5.97 Å². The number of aliphatic hydroxyl groups is 2. The minimum absolute atomic E-state index is 0.0804. The van der Waals surface area contributed by atoms with E-state index in [4.69, 9.17) is 14.2 Å². The van der Waals surface area contributed by atoms with Crippen LogP contribution in [-0.2, 0) is 28.2 Å². The molecule has 65 heavy (non-hydrogen) atoms. The summed E-state index contributed by atoms with van der Waals surface area (Å²) in [5.41, 5.74) is 1.62. The van der Waals surface area contributed by atoms with Crippen LogP contribution in [0, 0.1) is 5.92 Å². The van der Waals surface area contributed by atoms with E-state index >= 15 is 0 Å². The fraction of sp³-hybridized carbons (Fsp3) is 0.327. The second-order valence-electron chi connectivity index (χ2n) is 16.8. The molecule has 1 aliphatic rings. The van der Waals surface area contributed by atoms with Crippen LogP contribution in [-0.4, -0.2) is 82.6 Å². The number of aromatic amines is 1. The van der Waals surface area contributed by atoms with Gasteiger partial charge in [-0.3, -0.25) is 14.5 Å². The number of hydrogen-bond donors (Lipinski definition) is 6. The van der Waals surface area contributed by atoms with Crippen molar-refractivity contribution in [1.82, 2.24) is 20.5 Å². The van der Waals surface area contributed by atoms with E-state index in [2.05, 4.69) is 44.8 Å². The molecule has 0 radical (unpaired) electrons. The minimum atomic E-state index is -2.06. The third kappa shape index (κ3) is 12.0. The SMILES string of the molecule is CC(C)Oc1cc(C(=O)NCCCOc2cccc(C(O)(C(=O)OCC3CCN(Cc4ccccc4)CC3)c3ccccc3)c2)ccc1CNCC(O)c1ccc(O)c2[nH]c(=O)ccc12. The number of piperidine rings is 1. The van der Waals surface area contributed by atoms with E-state index in [1.807, 2.05) is 32.0 Å². The summed E-state index contributed by atoms with van der Waals surface area (Å²) in [4.78, 5) is 44.0. The number of fused-ring (bicyclic) bond motifs is 1. The number of aliphatic hydroxyl groups excluding tert-OH is 1. The smallest absolute Gasteiger partial charge is 0.347 e. The highest BCUT2D eigenvalue weighted by Crippen LogP contribution is 2.34. The third-order valence-electron chi connectivity index (χ3n) is 11.6. The lowest BCUT2D eigenvalue weighted by atomic mass is 9.86. The van der Waals surface area contributed by atoms with Gasteiger partial charge in [0.05, 0.1) is 30.9 Å². The van der Waals surface area contributed by atoms with Crippen LogP contribution in [0.3, 0.4) is 0 Å². The Morgan fingerprint density at radius 2 is 1.62 bits per heavy atom. The van der Waals surface area contributed by atoms with Crippen LogP contribution in [0.15, 0.2) is 132 Å². The van der Waals surface area contributed by atoms with Crippen LogP contribution in [0.4, 0.5) is 0 Å². The quantitative estimate of drug-likeness (QED) is 0.0353. The first-order chi connectivity index (χ1) is 31.5. The van der Waals surface area contributed by atoms with Crippen molar-refractivity contribution in [3.8, 4) is 17.2 Å².